The average Bonchev–Trinajstić information content (AvgIpc) is 3.17. The van der Waals surface area contributed by atoms with Gasteiger partial charge in [0.2, 0.25) is 5.91 Å². The molecule has 3 aromatic rings. The van der Waals surface area contributed by atoms with Crippen molar-refractivity contribution in [2.75, 3.05) is 11.1 Å². The van der Waals surface area contributed by atoms with E-state index in [0.717, 1.165) is 21.3 Å². The van der Waals surface area contributed by atoms with Crippen LogP contribution < -0.4 is 10.6 Å². The lowest BCUT2D eigenvalue weighted by Crippen LogP contribution is -2.28. The van der Waals surface area contributed by atoms with Crippen molar-refractivity contribution in [3.05, 3.63) is 69.5 Å². The molecule has 2 N–H and O–H groups in total. The fourth-order valence-electron chi connectivity index (χ4n) is 3.24. The van der Waals surface area contributed by atoms with Gasteiger partial charge in [0, 0.05) is 22.3 Å². The minimum atomic E-state index is -0.330. The molecule has 0 saturated heterocycles. The van der Waals surface area contributed by atoms with E-state index in [2.05, 4.69) is 36.8 Å². The predicted octanol–water partition coefficient (Wildman–Crippen LogP) is 4.90. The number of aromatic nitrogens is 3. The maximum absolute atomic E-state index is 12.6. The van der Waals surface area contributed by atoms with Crippen LogP contribution in [0.1, 0.15) is 47.2 Å². The SMILES string of the molecule is CCn1c(SCC(=O)Nc2ccc(Br)cc2C)nnc1[C@@H](C)NC(=O)c1cccc(C)c1. The molecule has 0 aliphatic heterocycles. The smallest absolute Gasteiger partial charge is 0.251 e. The lowest BCUT2D eigenvalue weighted by Gasteiger charge is -2.15. The molecule has 2 amide bonds. The van der Waals surface area contributed by atoms with E-state index in [9.17, 15) is 9.59 Å². The van der Waals surface area contributed by atoms with Crippen molar-refractivity contribution >= 4 is 45.2 Å². The minimum Gasteiger partial charge on any atom is -0.342 e. The molecule has 168 valence electrons. The van der Waals surface area contributed by atoms with Crippen molar-refractivity contribution in [3.63, 3.8) is 0 Å². The Bertz CT molecular complexity index is 1130. The number of carbonyl (C=O) groups excluding carboxylic acids is 2. The Morgan fingerprint density at radius 1 is 1.16 bits per heavy atom. The predicted molar refractivity (Wildman–Crippen MR) is 131 cm³/mol. The van der Waals surface area contributed by atoms with Gasteiger partial charge in [-0.3, -0.25) is 9.59 Å². The highest BCUT2D eigenvalue weighted by Crippen LogP contribution is 2.23. The van der Waals surface area contributed by atoms with Gasteiger partial charge in [0.1, 0.15) is 0 Å². The molecule has 0 fully saturated rings. The second-order valence-corrected chi connectivity index (χ2v) is 9.30. The molecule has 2 aromatic carbocycles. The second-order valence-electron chi connectivity index (χ2n) is 7.45. The largest absolute Gasteiger partial charge is 0.342 e. The zero-order valence-corrected chi connectivity index (χ0v) is 20.9. The van der Waals surface area contributed by atoms with E-state index in [0.29, 0.717) is 23.1 Å². The zero-order valence-electron chi connectivity index (χ0n) is 18.5. The summed E-state index contributed by atoms with van der Waals surface area (Å²) in [5.41, 5.74) is 3.39. The van der Waals surface area contributed by atoms with Crippen molar-refractivity contribution in [3.8, 4) is 0 Å². The molecule has 0 aliphatic carbocycles. The van der Waals surface area contributed by atoms with E-state index in [1.54, 1.807) is 6.07 Å². The quantitative estimate of drug-likeness (QED) is 0.416. The van der Waals surface area contributed by atoms with E-state index >= 15 is 0 Å². The lowest BCUT2D eigenvalue weighted by molar-refractivity contribution is -0.113. The maximum Gasteiger partial charge on any atom is 0.251 e. The van der Waals surface area contributed by atoms with Crippen molar-refractivity contribution in [2.24, 2.45) is 0 Å². The number of rotatable bonds is 8. The van der Waals surface area contributed by atoms with Crippen LogP contribution in [-0.4, -0.2) is 32.3 Å². The molecule has 7 nitrogen and oxygen atoms in total. The molecule has 0 bridgehead atoms. The first-order chi connectivity index (χ1) is 15.3. The standard InChI is InChI=1S/C23H26BrN5O2S/c1-5-29-21(16(4)25-22(31)17-8-6-7-14(2)11-17)27-28-23(29)32-13-20(30)26-19-10-9-18(24)12-15(19)3/h6-12,16H,5,13H2,1-4H3,(H,25,31)(H,26,30)/t16-/m1/s1. The van der Waals surface area contributed by atoms with E-state index < -0.39 is 0 Å². The van der Waals surface area contributed by atoms with Gasteiger partial charge in [0.05, 0.1) is 11.8 Å². The van der Waals surface area contributed by atoms with Gasteiger partial charge in [-0.25, -0.2) is 0 Å². The molecule has 32 heavy (non-hydrogen) atoms. The summed E-state index contributed by atoms with van der Waals surface area (Å²) < 4.78 is 2.89. The first-order valence-electron chi connectivity index (χ1n) is 10.3. The fraction of sp³-hybridized carbons (Fsp3) is 0.304. The number of nitrogens with zero attached hydrogens (tertiary/aromatic N) is 3. The van der Waals surface area contributed by atoms with E-state index in [1.807, 2.05) is 68.7 Å². The number of halogens is 1. The van der Waals surface area contributed by atoms with E-state index in [4.69, 9.17) is 0 Å². The van der Waals surface area contributed by atoms with Crippen LogP contribution in [0.25, 0.3) is 0 Å². The number of nitrogens with one attached hydrogen (secondary N) is 2. The maximum atomic E-state index is 12.6. The Morgan fingerprint density at radius 3 is 2.62 bits per heavy atom. The van der Waals surface area contributed by atoms with Gasteiger partial charge >= 0.3 is 0 Å². The Balaban J connectivity index is 1.63. The van der Waals surface area contributed by atoms with Crippen LogP contribution in [0.4, 0.5) is 5.69 Å². The molecular weight excluding hydrogens is 490 g/mol. The van der Waals surface area contributed by atoms with Crippen molar-refractivity contribution in [1.82, 2.24) is 20.1 Å². The van der Waals surface area contributed by atoms with Gasteiger partial charge in [-0.05, 0) is 63.6 Å². The summed E-state index contributed by atoms with van der Waals surface area (Å²) in [6.07, 6.45) is 0. The monoisotopic (exact) mass is 515 g/mol. The highest BCUT2D eigenvalue weighted by Gasteiger charge is 2.20. The highest BCUT2D eigenvalue weighted by atomic mass is 79.9. The van der Waals surface area contributed by atoms with Crippen molar-refractivity contribution < 1.29 is 9.59 Å². The summed E-state index contributed by atoms with van der Waals surface area (Å²) in [7, 11) is 0. The number of thioether (sulfide) groups is 1. The number of hydrogen-bond acceptors (Lipinski definition) is 5. The normalized spacial score (nSPS) is 11.8. The fourth-order valence-corrected chi connectivity index (χ4v) is 4.52. The summed E-state index contributed by atoms with van der Waals surface area (Å²) in [5, 5.41) is 15.1. The van der Waals surface area contributed by atoms with Gasteiger partial charge in [-0.2, -0.15) is 0 Å². The van der Waals surface area contributed by atoms with Crippen LogP contribution in [-0.2, 0) is 11.3 Å². The molecule has 9 heteroatoms. The van der Waals surface area contributed by atoms with Crippen LogP contribution in [0.3, 0.4) is 0 Å². The molecule has 3 rings (SSSR count). The van der Waals surface area contributed by atoms with Gasteiger partial charge in [-0.15, -0.1) is 10.2 Å². The number of aryl methyl sites for hydroxylation is 2. The van der Waals surface area contributed by atoms with Crippen molar-refractivity contribution in [2.45, 2.75) is 45.4 Å². The third-order valence-corrected chi connectivity index (χ3v) is 6.33. The number of amides is 2. The Morgan fingerprint density at radius 2 is 1.94 bits per heavy atom. The molecular formula is C23H26BrN5O2S. The number of carbonyl (C=O) groups is 2. The van der Waals surface area contributed by atoms with Gasteiger partial charge in [0.15, 0.2) is 11.0 Å². The first-order valence-corrected chi connectivity index (χ1v) is 12.1. The summed E-state index contributed by atoms with van der Waals surface area (Å²) in [6.45, 7) is 8.38. The first kappa shape index (κ1) is 24.0. The van der Waals surface area contributed by atoms with Crippen molar-refractivity contribution in [1.29, 1.82) is 0 Å². The molecule has 0 saturated carbocycles. The molecule has 1 atom stereocenters. The summed E-state index contributed by atoms with van der Waals surface area (Å²) in [4.78, 5) is 25.0. The van der Waals surface area contributed by atoms with Gasteiger partial charge in [0.25, 0.3) is 5.91 Å². The molecule has 0 aliphatic rings. The molecule has 0 spiro atoms. The Kier molecular flexibility index (Phi) is 8.09. The average molecular weight is 516 g/mol. The van der Waals surface area contributed by atoms with Crippen LogP contribution in [0.2, 0.25) is 0 Å². The topological polar surface area (TPSA) is 88.9 Å². The van der Waals surface area contributed by atoms with Crippen LogP contribution in [0.5, 0.6) is 0 Å². The van der Waals surface area contributed by atoms with E-state index in [1.165, 1.54) is 11.8 Å². The Hall–Kier alpha value is -2.65. The zero-order chi connectivity index (χ0) is 23.3. The van der Waals surface area contributed by atoms with Gasteiger partial charge in [-0.1, -0.05) is 45.4 Å². The third kappa shape index (κ3) is 5.98. The summed E-state index contributed by atoms with van der Waals surface area (Å²) >= 11 is 4.74. The molecule has 0 radical (unpaired) electrons. The highest BCUT2D eigenvalue weighted by molar-refractivity contribution is 9.10. The van der Waals surface area contributed by atoms with E-state index in [-0.39, 0.29) is 23.6 Å². The van der Waals surface area contributed by atoms with Crippen LogP contribution >= 0.6 is 27.7 Å². The number of benzene rings is 2. The number of anilines is 1. The Labute approximate surface area is 200 Å². The molecule has 1 heterocycles. The minimum absolute atomic E-state index is 0.117. The van der Waals surface area contributed by atoms with Gasteiger partial charge < -0.3 is 15.2 Å². The second kappa shape index (κ2) is 10.8. The summed E-state index contributed by atoms with van der Waals surface area (Å²) in [6, 6.07) is 12.8. The number of hydrogen-bond donors (Lipinski definition) is 2. The third-order valence-electron chi connectivity index (χ3n) is 4.87. The molecule has 0 unspecified atom stereocenters. The summed E-state index contributed by atoms with van der Waals surface area (Å²) in [5.74, 6) is 0.580. The van der Waals surface area contributed by atoms with Crippen LogP contribution in [0.15, 0.2) is 52.1 Å². The van der Waals surface area contributed by atoms with Crippen LogP contribution in [0, 0.1) is 13.8 Å². The molecule has 1 aromatic heterocycles. The lowest BCUT2D eigenvalue weighted by atomic mass is 10.1.